The molecule has 2 aromatic rings. The van der Waals surface area contributed by atoms with Crippen LogP contribution in [0.15, 0.2) is 48.7 Å². The molecule has 0 saturated carbocycles. The van der Waals surface area contributed by atoms with Crippen molar-refractivity contribution in [2.45, 2.75) is 45.3 Å². The molecule has 1 aliphatic rings. The van der Waals surface area contributed by atoms with Gasteiger partial charge in [-0.2, -0.15) is 0 Å². The van der Waals surface area contributed by atoms with Gasteiger partial charge in [-0.25, -0.2) is 9.78 Å². The third-order valence-corrected chi connectivity index (χ3v) is 4.08. The molecule has 2 heterocycles. The Morgan fingerprint density at radius 1 is 1.17 bits per heavy atom. The van der Waals surface area contributed by atoms with E-state index in [1.807, 2.05) is 45.0 Å². The standard InChI is InChI=1S/C20H24N2O2/c1-20(2,3)24-19(23)17-12-8-14-22(17)18-16(11-7-13-21-18)15-9-5-4-6-10-15/h4-7,9-11,13,17H,8,12,14H2,1-3H3/t17-/m0/s1. The van der Waals surface area contributed by atoms with E-state index in [-0.39, 0.29) is 12.0 Å². The maximum atomic E-state index is 12.6. The highest BCUT2D eigenvalue weighted by Crippen LogP contribution is 2.33. The second-order valence-corrected chi connectivity index (χ2v) is 7.13. The minimum absolute atomic E-state index is 0.162. The SMILES string of the molecule is CC(C)(C)OC(=O)[C@@H]1CCCN1c1ncccc1-c1ccccc1. The second-order valence-electron chi connectivity index (χ2n) is 7.13. The van der Waals surface area contributed by atoms with Gasteiger partial charge in [-0.1, -0.05) is 30.3 Å². The highest BCUT2D eigenvalue weighted by atomic mass is 16.6. The summed E-state index contributed by atoms with van der Waals surface area (Å²) in [7, 11) is 0. The van der Waals surface area contributed by atoms with E-state index in [2.05, 4.69) is 28.1 Å². The quantitative estimate of drug-likeness (QED) is 0.799. The van der Waals surface area contributed by atoms with Gasteiger partial charge in [0.15, 0.2) is 0 Å². The minimum atomic E-state index is -0.474. The third-order valence-electron chi connectivity index (χ3n) is 4.08. The highest BCUT2D eigenvalue weighted by Gasteiger charge is 2.35. The van der Waals surface area contributed by atoms with E-state index in [9.17, 15) is 4.79 Å². The van der Waals surface area contributed by atoms with Crippen LogP contribution < -0.4 is 4.90 Å². The molecule has 1 aromatic carbocycles. The molecule has 0 unspecified atom stereocenters. The molecule has 3 rings (SSSR count). The molecule has 1 aliphatic heterocycles. The van der Waals surface area contributed by atoms with Crippen molar-refractivity contribution in [3.8, 4) is 11.1 Å². The number of anilines is 1. The van der Waals surface area contributed by atoms with Crippen LogP contribution in [-0.4, -0.2) is 29.1 Å². The zero-order valence-corrected chi connectivity index (χ0v) is 14.5. The largest absolute Gasteiger partial charge is 0.458 e. The van der Waals surface area contributed by atoms with Gasteiger partial charge in [0.2, 0.25) is 0 Å². The zero-order chi connectivity index (χ0) is 17.2. The Kier molecular flexibility index (Phi) is 4.56. The Morgan fingerprint density at radius 3 is 2.62 bits per heavy atom. The van der Waals surface area contributed by atoms with Gasteiger partial charge in [-0.3, -0.25) is 0 Å². The molecule has 0 spiro atoms. The minimum Gasteiger partial charge on any atom is -0.458 e. The van der Waals surface area contributed by atoms with Crippen molar-refractivity contribution in [2.75, 3.05) is 11.4 Å². The highest BCUT2D eigenvalue weighted by molar-refractivity contribution is 5.84. The Bertz CT molecular complexity index is 707. The van der Waals surface area contributed by atoms with Gasteiger partial charge in [-0.05, 0) is 51.3 Å². The average molecular weight is 324 g/mol. The number of carbonyl (C=O) groups excluding carboxylic acids is 1. The van der Waals surface area contributed by atoms with Crippen molar-refractivity contribution in [3.05, 3.63) is 48.7 Å². The van der Waals surface area contributed by atoms with Crippen molar-refractivity contribution < 1.29 is 9.53 Å². The first-order valence-corrected chi connectivity index (χ1v) is 8.46. The van der Waals surface area contributed by atoms with E-state index in [0.29, 0.717) is 0 Å². The number of rotatable bonds is 3. The normalized spacial score (nSPS) is 17.8. The summed E-state index contributed by atoms with van der Waals surface area (Å²) in [4.78, 5) is 19.3. The molecule has 4 nitrogen and oxygen atoms in total. The van der Waals surface area contributed by atoms with Gasteiger partial charge in [0.05, 0.1) is 0 Å². The summed E-state index contributed by atoms with van der Waals surface area (Å²) >= 11 is 0. The molecule has 126 valence electrons. The molecule has 0 aliphatic carbocycles. The summed E-state index contributed by atoms with van der Waals surface area (Å²) in [5.41, 5.74) is 1.68. The van der Waals surface area contributed by atoms with Crippen LogP contribution in [0.25, 0.3) is 11.1 Å². The van der Waals surface area contributed by atoms with Gasteiger partial charge < -0.3 is 9.64 Å². The van der Waals surface area contributed by atoms with Crippen LogP contribution in [0.4, 0.5) is 5.82 Å². The molecule has 24 heavy (non-hydrogen) atoms. The molecule has 0 bridgehead atoms. The summed E-state index contributed by atoms with van der Waals surface area (Å²) in [6, 6.07) is 13.9. The van der Waals surface area contributed by atoms with Crippen LogP contribution in [0.2, 0.25) is 0 Å². The lowest BCUT2D eigenvalue weighted by molar-refractivity contribution is -0.156. The van der Waals surface area contributed by atoms with Crippen molar-refractivity contribution in [2.24, 2.45) is 0 Å². The van der Waals surface area contributed by atoms with Gasteiger partial charge in [-0.15, -0.1) is 0 Å². The molecular formula is C20H24N2O2. The van der Waals surface area contributed by atoms with Gasteiger partial charge in [0.25, 0.3) is 0 Å². The van der Waals surface area contributed by atoms with Crippen LogP contribution in [0.1, 0.15) is 33.6 Å². The summed E-state index contributed by atoms with van der Waals surface area (Å²) in [5.74, 6) is 0.696. The van der Waals surface area contributed by atoms with Crippen molar-refractivity contribution in [1.29, 1.82) is 0 Å². The lowest BCUT2D eigenvalue weighted by atomic mass is 10.1. The number of ether oxygens (including phenoxy) is 1. The first-order valence-electron chi connectivity index (χ1n) is 8.46. The first-order chi connectivity index (χ1) is 11.5. The number of nitrogens with zero attached hydrogens (tertiary/aromatic N) is 2. The summed E-state index contributed by atoms with van der Waals surface area (Å²) in [5, 5.41) is 0. The number of pyridine rings is 1. The Balaban J connectivity index is 1.92. The maximum absolute atomic E-state index is 12.6. The van der Waals surface area contributed by atoms with E-state index in [1.54, 1.807) is 6.20 Å². The lowest BCUT2D eigenvalue weighted by Crippen LogP contribution is -2.41. The average Bonchev–Trinajstić information content (AvgIpc) is 3.04. The van der Waals surface area contributed by atoms with E-state index in [4.69, 9.17) is 4.74 Å². The fourth-order valence-electron chi connectivity index (χ4n) is 3.10. The van der Waals surface area contributed by atoms with E-state index < -0.39 is 5.60 Å². The molecule has 1 atom stereocenters. The number of aromatic nitrogens is 1. The Labute approximate surface area is 143 Å². The number of hydrogen-bond donors (Lipinski definition) is 0. The summed E-state index contributed by atoms with van der Waals surface area (Å²) < 4.78 is 5.61. The number of benzene rings is 1. The molecule has 0 radical (unpaired) electrons. The topological polar surface area (TPSA) is 42.4 Å². The molecule has 0 amide bonds. The smallest absolute Gasteiger partial charge is 0.329 e. The van der Waals surface area contributed by atoms with E-state index in [0.717, 1.165) is 36.3 Å². The molecule has 1 saturated heterocycles. The van der Waals surface area contributed by atoms with E-state index >= 15 is 0 Å². The van der Waals surface area contributed by atoms with Gasteiger partial charge >= 0.3 is 5.97 Å². The fourth-order valence-corrected chi connectivity index (χ4v) is 3.10. The van der Waals surface area contributed by atoms with Crippen LogP contribution in [0.5, 0.6) is 0 Å². The van der Waals surface area contributed by atoms with E-state index in [1.165, 1.54) is 0 Å². The molecule has 1 fully saturated rings. The molecule has 0 N–H and O–H groups in total. The van der Waals surface area contributed by atoms with Gasteiger partial charge in [0, 0.05) is 18.3 Å². The van der Waals surface area contributed by atoms with Gasteiger partial charge in [0.1, 0.15) is 17.5 Å². The van der Waals surface area contributed by atoms with Crippen molar-refractivity contribution in [3.63, 3.8) is 0 Å². The molecule has 1 aromatic heterocycles. The monoisotopic (exact) mass is 324 g/mol. The number of esters is 1. The fraction of sp³-hybridized carbons (Fsp3) is 0.400. The lowest BCUT2D eigenvalue weighted by Gasteiger charge is -2.29. The molecule has 4 heteroatoms. The Hall–Kier alpha value is -2.36. The molecular weight excluding hydrogens is 300 g/mol. The number of hydrogen-bond acceptors (Lipinski definition) is 4. The predicted molar refractivity (Wildman–Crippen MR) is 95.9 cm³/mol. The van der Waals surface area contributed by atoms with Crippen LogP contribution in [0, 0.1) is 0 Å². The Morgan fingerprint density at radius 2 is 1.92 bits per heavy atom. The van der Waals surface area contributed by atoms with Crippen molar-refractivity contribution >= 4 is 11.8 Å². The van der Waals surface area contributed by atoms with Crippen LogP contribution in [0.3, 0.4) is 0 Å². The number of carbonyl (C=O) groups is 1. The van der Waals surface area contributed by atoms with Crippen molar-refractivity contribution in [1.82, 2.24) is 4.98 Å². The van der Waals surface area contributed by atoms with Crippen LogP contribution in [-0.2, 0) is 9.53 Å². The van der Waals surface area contributed by atoms with Crippen LogP contribution >= 0.6 is 0 Å². The third kappa shape index (κ3) is 3.58. The summed E-state index contributed by atoms with van der Waals surface area (Å²) in [6.45, 7) is 6.53. The maximum Gasteiger partial charge on any atom is 0.329 e. The second kappa shape index (κ2) is 6.63. The first kappa shape index (κ1) is 16.5. The summed E-state index contributed by atoms with van der Waals surface area (Å²) in [6.07, 6.45) is 3.56. The zero-order valence-electron chi connectivity index (χ0n) is 14.5. The predicted octanol–water partition coefficient (Wildman–Crippen LogP) is 4.06.